The minimum absolute atomic E-state index is 0.182. The van der Waals surface area contributed by atoms with Crippen molar-refractivity contribution in [3.63, 3.8) is 0 Å². The lowest BCUT2D eigenvalue weighted by Crippen LogP contribution is -2.48. The van der Waals surface area contributed by atoms with E-state index in [0.29, 0.717) is 13.1 Å². The SMILES string of the molecule is CC(=O)OCC(OC(C)=O)C(C)C(OC(C)=O)C(C)C(=O)NCCNCCNC(=O)C(C)C(OC(C)=O)C(C)C(COC(C)=O)OC(C)=O. The Morgan fingerprint density at radius 1 is 0.449 bits per heavy atom. The van der Waals surface area contributed by atoms with Crippen LogP contribution in [0.1, 0.15) is 69.2 Å². The van der Waals surface area contributed by atoms with Gasteiger partial charge in [0.1, 0.15) is 37.6 Å². The Balaban J connectivity index is 5.10. The van der Waals surface area contributed by atoms with Crippen LogP contribution in [0, 0.1) is 23.7 Å². The van der Waals surface area contributed by atoms with Crippen molar-refractivity contribution >= 4 is 47.6 Å². The summed E-state index contributed by atoms with van der Waals surface area (Å²) in [6.45, 7) is 13.9. The number of hydrogen-bond acceptors (Lipinski definition) is 15. The molecule has 8 atom stereocenters. The number of carbonyl (C=O) groups excluding carboxylic acids is 8. The van der Waals surface area contributed by atoms with Crippen LogP contribution in [0.3, 0.4) is 0 Å². The van der Waals surface area contributed by atoms with Crippen molar-refractivity contribution in [1.82, 2.24) is 16.0 Å². The fourth-order valence-electron chi connectivity index (χ4n) is 4.84. The third-order valence-corrected chi connectivity index (χ3v) is 7.36. The second kappa shape index (κ2) is 23.1. The second-order valence-corrected chi connectivity index (χ2v) is 11.7. The highest BCUT2D eigenvalue weighted by Gasteiger charge is 2.39. The van der Waals surface area contributed by atoms with Crippen LogP contribution < -0.4 is 16.0 Å². The minimum Gasteiger partial charge on any atom is -0.462 e. The van der Waals surface area contributed by atoms with E-state index < -0.39 is 95.7 Å². The van der Waals surface area contributed by atoms with Crippen LogP contribution in [0.5, 0.6) is 0 Å². The summed E-state index contributed by atoms with van der Waals surface area (Å²) < 4.78 is 31.4. The summed E-state index contributed by atoms with van der Waals surface area (Å²) in [6, 6.07) is 0. The lowest BCUT2D eigenvalue weighted by molar-refractivity contribution is -0.171. The van der Waals surface area contributed by atoms with Crippen molar-refractivity contribution in [1.29, 1.82) is 0 Å². The predicted octanol–water partition coefficient (Wildman–Crippen LogP) is 0.206. The highest BCUT2D eigenvalue weighted by molar-refractivity contribution is 5.80. The van der Waals surface area contributed by atoms with Gasteiger partial charge in [0.25, 0.3) is 0 Å². The monoisotopic (exact) mass is 703 g/mol. The van der Waals surface area contributed by atoms with Gasteiger partial charge in [-0.3, -0.25) is 38.4 Å². The van der Waals surface area contributed by atoms with Crippen molar-refractivity contribution < 1.29 is 66.8 Å². The Morgan fingerprint density at radius 3 is 1.02 bits per heavy atom. The zero-order valence-electron chi connectivity index (χ0n) is 30.1. The van der Waals surface area contributed by atoms with Crippen LogP contribution in [0.15, 0.2) is 0 Å². The molecule has 280 valence electrons. The Kier molecular flexibility index (Phi) is 21.1. The number of carbonyl (C=O) groups is 8. The van der Waals surface area contributed by atoms with Gasteiger partial charge in [-0.25, -0.2) is 0 Å². The van der Waals surface area contributed by atoms with Crippen LogP contribution in [0.4, 0.5) is 0 Å². The van der Waals surface area contributed by atoms with Crippen LogP contribution in [-0.2, 0) is 66.8 Å². The number of rotatable bonds is 22. The molecule has 0 aliphatic carbocycles. The molecule has 0 aliphatic heterocycles. The van der Waals surface area contributed by atoms with Gasteiger partial charge in [0, 0.05) is 79.6 Å². The first-order valence-corrected chi connectivity index (χ1v) is 16.0. The molecule has 0 saturated heterocycles. The van der Waals surface area contributed by atoms with Gasteiger partial charge in [0.15, 0.2) is 0 Å². The average molecular weight is 704 g/mol. The van der Waals surface area contributed by atoms with Crippen LogP contribution in [-0.4, -0.2) is 111 Å². The van der Waals surface area contributed by atoms with Gasteiger partial charge in [-0.15, -0.1) is 0 Å². The maximum atomic E-state index is 12.9. The first kappa shape index (κ1) is 44.7. The minimum atomic E-state index is -1.01. The van der Waals surface area contributed by atoms with E-state index in [1.807, 2.05) is 0 Å². The topological polar surface area (TPSA) is 228 Å². The Hall–Kier alpha value is -4.28. The molecule has 0 bridgehead atoms. The quantitative estimate of drug-likeness (QED) is 0.0778. The average Bonchev–Trinajstić information content (AvgIpc) is 2.99. The number of ether oxygens (including phenoxy) is 6. The Labute approximate surface area is 287 Å². The number of hydrogen-bond donors (Lipinski definition) is 3. The molecule has 2 amide bonds. The van der Waals surface area contributed by atoms with E-state index in [4.69, 9.17) is 28.4 Å². The van der Waals surface area contributed by atoms with E-state index in [0.717, 1.165) is 0 Å². The first-order chi connectivity index (χ1) is 22.8. The molecule has 17 heteroatoms. The summed E-state index contributed by atoms with van der Waals surface area (Å²) >= 11 is 0. The summed E-state index contributed by atoms with van der Waals surface area (Å²) in [5.74, 6) is -7.78. The molecule has 8 unspecified atom stereocenters. The highest BCUT2D eigenvalue weighted by Crippen LogP contribution is 2.25. The lowest BCUT2D eigenvalue weighted by Gasteiger charge is -2.32. The van der Waals surface area contributed by atoms with Crippen molar-refractivity contribution in [2.24, 2.45) is 23.7 Å². The summed E-state index contributed by atoms with van der Waals surface area (Å²) in [5, 5.41) is 8.54. The third kappa shape index (κ3) is 18.7. The maximum absolute atomic E-state index is 12.9. The molecule has 0 aromatic heterocycles. The van der Waals surface area contributed by atoms with Crippen LogP contribution >= 0.6 is 0 Å². The van der Waals surface area contributed by atoms with Crippen molar-refractivity contribution in [2.75, 3.05) is 39.4 Å². The largest absolute Gasteiger partial charge is 0.462 e. The molecule has 0 heterocycles. The van der Waals surface area contributed by atoms with Gasteiger partial charge in [0.2, 0.25) is 11.8 Å². The molecule has 0 rings (SSSR count). The van der Waals surface area contributed by atoms with E-state index in [-0.39, 0.29) is 26.3 Å². The number of nitrogens with one attached hydrogen (secondary N) is 3. The predicted molar refractivity (Wildman–Crippen MR) is 171 cm³/mol. The fourth-order valence-corrected chi connectivity index (χ4v) is 4.84. The molecular formula is C32H53N3O14. The Morgan fingerprint density at radius 2 is 0.755 bits per heavy atom. The van der Waals surface area contributed by atoms with E-state index in [1.165, 1.54) is 41.5 Å². The van der Waals surface area contributed by atoms with Crippen molar-refractivity contribution in [3.8, 4) is 0 Å². The molecule has 3 N–H and O–H groups in total. The fraction of sp³-hybridized carbons (Fsp3) is 0.750. The molecule has 0 aromatic rings. The first-order valence-electron chi connectivity index (χ1n) is 16.0. The van der Waals surface area contributed by atoms with Crippen LogP contribution in [0.2, 0.25) is 0 Å². The third-order valence-electron chi connectivity index (χ3n) is 7.36. The summed E-state index contributed by atoms with van der Waals surface area (Å²) in [4.78, 5) is 95.5. The van der Waals surface area contributed by atoms with Crippen molar-refractivity contribution in [2.45, 2.75) is 93.7 Å². The van der Waals surface area contributed by atoms with Crippen molar-refractivity contribution in [3.05, 3.63) is 0 Å². The van der Waals surface area contributed by atoms with E-state index in [9.17, 15) is 38.4 Å². The molecule has 0 aliphatic rings. The molecule has 0 spiro atoms. The van der Waals surface area contributed by atoms with E-state index in [2.05, 4.69) is 16.0 Å². The molecule has 49 heavy (non-hydrogen) atoms. The van der Waals surface area contributed by atoms with Gasteiger partial charge >= 0.3 is 35.8 Å². The molecule has 0 saturated carbocycles. The zero-order valence-corrected chi connectivity index (χ0v) is 30.1. The standard InChI is InChI=1S/C32H53N3O14/c1-17(27(46-23(7)38)15-44-21(5)36)29(48-25(9)40)19(3)31(42)34-13-11-33-12-14-35-32(43)20(4)30(49-26(10)41)18(2)28(47-24(8)39)16-45-22(6)37/h17-20,27-30,33H,11-16H2,1-10H3,(H,34,42)(H,35,43). The van der Waals surface area contributed by atoms with Crippen LogP contribution in [0.25, 0.3) is 0 Å². The molecule has 17 nitrogen and oxygen atoms in total. The normalized spacial score (nSPS) is 15.7. The summed E-state index contributed by atoms with van der Waals surface area (Å²) in [7, 11) is 0. The molecular weight excluding hydrogens is 650 g/mol. The van der Waals surface area contributed by atoms with Gasteiger partial charge in [-0.05, 0) is 0 Å². The van der Waals surface area contributed by atoms with Gasteiger partial charge in [-0.1, -0.05) is 27.7 Å². The summed E-state index contributed by atoms with van der Waals surface area (Å²) in [6.07, 6.45) is -3.95. The highest BCUT2D eigenvalue weighted by atomic mass is 16.6. The molecule has 0 radical (unpaired) electrons. The second-order valence-electron chi connectivity index (χ2n) is 11.7. The zero-order chi connectivity index (χ0) is 37.8. The molecule has 0 aromatic carbocycles. The Bertz CT molecular complexity index is 1060. The van der Waals surface area contributed by atoms with E-state index in [1.54, 1.807) is 27.7 Å². The lowest BCUT2D eigenvalue weighted by atomic mass is 9.88. The molecule has 0 fully saturated rings. The van der Waals surface area contributed by atoms with Gasteiger partial charge < -0.3 is 44.4 Å². The smallest absolute Gasteiger partial charge is 0.303 e. The number of esters is 6. The van der Waals surface area contributed by atoms with E-state index >= 15 is 0 Å². The van der Waals surface area contributed by atoms with Gasteiger partial charge in [-0.2, -0.15) is 0 Å². The maximum Gasteiger partial charge on any atom is 0.303 e. The summed E-state index contributed by atoms with van der Waals surface area (Å²) in [5.41, 5.74) is 0. The van der Waals surface area contributed by atoms with Gasteiger partial charge in [0.05, 0.1) is 11.8 Å². The number of amides is 2.